The van der Waals surface area contributed by atoms with Gasteiger partial charge >= 0.3 is 0 Å². The average molecular weight is 390 g/mol. The zero-order valence-electron chi connectivity index (χ0n) is 15.2. The van der Waals surface area contributed by atoms with Crippen molar-refractivity contribution in [1.82, 2.24) is 0 Å². The third-order valence-corrected chi connectivity index (χ3v) is 6.63. The number of ether oxygens (including phenoxy) is 1. The van der Waals surface area contributed by atoms with Crippen LogP contribution in [0.5, 0.6) is 5.75 Å². The van der Waals surface area contributed by atoms with E-state index in [9.17, 15) is 5.26 Å². The van der Waals surface area contributed by atoms with Crippen molar-refractivity contribution in [2.24, 2.45) is 5.92 Å². The summed E-state index contributed by atoms with van der Waals surface area (Å²) in [4.78, 5) is 4.88. The van der Waals surface area contributed by atoms with Crippen molar-refractivity contribution in [2.45, 2.75) is 44.1 Å². The van der Waals surface area contributed by atoms with Crippen LogP contribution in [-0.2, 0) is 11.0 Å². The number of benzene rings is 2. The normalized spacial score (nSPS) is 21.8. The van der Waals surface area contributed by atoms with Crippen molar-refractivity contribution < 1.29 is 14.9 Å². The molecule has 0 amide bonds. The van der Waals surface area contributed by atoms with Gasteiger partial charge in [-0.1, -0.05) is 45.0 Å². The zero-order valence-corrected chi connectivity index (χ0v) is 17.4. The summed E-state index contributed by atoms with van der Waals surface area (Å²) < 4.78 is 6.15. The maximum absolute atomic E-state index is 9.47. The quantitative estimate of drug-likeness (QED) is 0.403. The van der Waals surface area contributed by atoms with Crippen LogP contribution in [0, 0.1) is 5.92 Å². The highest BCUT2D eigenvalue weighted by atomic mass is 31.1. The van der Waals surface area contributed by atoms with Gasteiger partial charge in [0.1, 0.15) is 11.9 Å². The molecule has 0 aliphatic heterocycles. The molecule has 0 aromatic heterocycles. The minimum absolute atomic E-state index is 0.250. The maximum atomic E-state index is 9.47. The molecule has 3 rings (SSSR count). The van der Waals surface area contributed by atoms with Gasteiger partial charge in [0.15, 0.2) is 0 Å². The fraction of sp³-hybridized carbons (Fsp3) is 0.429. The van der Waals surface area contributed by atoms with E-state index in [0.717, 1.165) is 51.7 Å². The molecular formula is C21H28O3P2. The van der Waals surface area contributed by atoms with Gasteiger partial charge in [0.2, 0.25) is 0 Å². The lowest BCUT2D eigenvalue weighted by Gasteiger charge is -2.32. The van der Waals surface area contributed by atoms with Crippen LogP contribution in [0.1, 0.15) is 42.9 Å². The minimum atomic E-state index is -0.251. The van der Waals surface area contributed by atoms with Crippen molar-refractivity contribution in [3.05, 3.63) is 59.7 Å². The van der Waals surface area contributed by atoms with E-state index in [2.05, 4.69) is 64.4 Å². The fourth-order valence-electron chi connectivity index (χ4n) is 3.66. The Kier molecular flexibility index (Phi) is 7.46. The van der Waals surface area contributed by atoms with Crippen LogP contribution in [-0.4, -0.2) is 18.0 Å². The molecule has 3 nitrogen and oxygen atoms in total. The SMILES string of the molecule is CPc1ccc(OC2CCC(C(OO)c3ccc(CP)cc3)CC2)cc1. The predicted molar refractivity (Wildman–Crippen MR) is 113 cm³/mol. The van der Waals surface area contributed by atoms with Crippen LogP contribution in [0.3, 0.4) is 0 Å². The Morgan fingerprint density at radius 2 is 1.69 bits per heavy atom. The third-order valence-electron chi connectivity index (χ3n) is 5.25. The van der Waals surface area contributed by atoms with Crippen LogP contribution >= 0.6 is 17.8 Å². The van der Waals surface area contributed by atoms with Crippen molar-refractivity contribution in [1.29, 1.82) is 0 Å². The first-order valence-electron chi connectivity index (χ1n) is 9.27. The minimum Gasteiger partial charge on any atom is -0.490 e. The molecule has 1 N–H and O–H groups in total. The lowest BCUT2D eigenvalue weighted by molar-refractivity contribution is -0.296. The van der Waals surface area contributed by atoms with Crippen LogP contribution in [0.15, 0.2) is 48.5 Å². The molecule has 0 spiro atoms. The largest absolute Gasteiger partial charge is 0.490 e. The fourth-order valence-corrected chi connectivity index (χ4v) is 4.44. The summed E-state index contributed by atoms with van der Waals surface area (Å²) in [5, 5.41) is 10.8. The van der Waals surface area contributed by atoms with E-state index in [-0.39, 0.29) is 12.2 Å². The average Bonchev–Trinajstić information content (AvgIpc) is 2.71. The van der Waals surface area contributed by atoms with Crippen LogP contribution in [0.25, 0.3) is 0 Å². The summed E-state index contributed by atoms with van der Waals surface area (Å²) in [6.45, 7) is 2.19. The van der Waals surface area contributed by atoms with Crippen molar-refractivity contribution in [3.63, 3.8) is 0 Å². The molecule has 1 fully saturated rings. The summed E-state index contributed by atoms with van der Waals surface area (Å²) in [7, 11) is 3.55. The second-order valence-electron chi connectivity index (χ2n) is 6.90. The van der Waals surface area contributed by atoms with Crippen molar-refractivity contribution in [2.75, 3.05) is 6.66 Å². The molecule has 0 saturated heterocycles. The van der Waals surface area contributed by atoms with E-state index in [1.165, 1.54) is 10.9 Å². The first-order chi connectivity index (χ1) is 12.7. The Hall–Kier alpha value is -0.980. The molecule has 1 saturated carbocycles. The van der Waals surface area contributed by atoms with E-state index in [4.69, 9.17) is 9.62 Å². The highest BCUT2D eigenvalue weighted by molar-refractivity contribution is 7.46. The Labute approximate surface area is 160 Å². The maximum Gasteiger partial charge on any atom is 0.120 e. The molecule has 0 heterocycles. The van der Waals surface area contributed by atoms with E-state index in [0.29, 0.717) is 5.92 Å². The molecule has 140 valence electrons. The van der Waals surface area contributed by atoms with Gasteiger partial charge in [-0.2, -0.15) is 0 Å². The topological polar surface area (TPSA) is 38.7 Å². The zero-order chi connectivity index (χ0) is 18.4. The summed E-state index contributed by atoms with van der Waals surface area (Å²) in [5.41, 5.74) is 2.32. The van der Waals surface area contributed by atoms with E-state index < -0.39 is 0 Å². The monoisotopic (exact) mass is 390 g/mol. The molecular weight excluding hydrogens is 362 g/mol. The van der Waals surface area contributed by atoms with Gasteiger partial charge in [-0.3, -0.25) is 5.26 Å². The number of rotatable bonds is 7. The Bertz CT molecular complexity index is 665. The van der Waals surface area contributed by atoms with Gasteiger partial charge in [0.25, 0.3) is 0 Å². The molecule has 3 atom stereocenters. The summed E-state index contributed by atoms with van der Waals surface area (Å²) in [6, 6.07) is 16.8. The number of hydrogen-bond donors (Lipinski definition) is 1. The van der Waals surface area contributed by atoms with Crippen molar-refractivity contribution >= 4 is 23.1 Å². The van der Waals surface area contributed by atoms with Crippen LogP contribution in [0.4, 0.5) is 0 Å². The molecule has 26 heavy (non-hydrogen) atoms. The van der Waals surface area contributed by atoms with Gasteiger partial charge in [0.05, 0.1) is 6.10 Å². The summed E-state index contributed by atoms with van der Waals surface area (Å²) in [5.74, 6) is 1.28. The molecule has 3 unspecified atom stereocenters. The van der Waals surface area contributed by atoms with E-state index in [1.54, 1.807) is 0 Å². The second-order valence-corrected chi connectivity index (χ2v) is 8.39. The molecule has 1 aliphatic carbocycles. The summed E-state index contributed by atoms with van der Waals surface area (Å²) >= 11 is 0. The van der Waals surface area contributed by atoms with Gasteiger partial charge in [-0.25, -0.2) is 4.89 Å². The Morgan fingerprint density at radius 3 is 2.23 bits per heavy atom. The van der Waals surface area contributed by atoms with Gasteiger partial charge in [0, 0.05) is 0 Å². The van der Waals surface area contributed by atoms with Gasteiger partial charge in [-0.05, 0) is 73.0 Å². The highest BCUT2D eigenvalue weighted by Crippen LogP contribution is 2.37. The first kappa shape index (κ1) is 19.8. The van der Waals surface area contributed by atoms with Gasteiger partial charge in [-0.15, -0.1) is 9.24 Å². The molecule has 2 aromatic carbocycles. The van der Waals surface area contributed by atoms with Crippen LogP contribution < -0.4 is 10.0 Å². The number of hydrogen-bond acceptors (Lipinski definition) is 3. The predicted octanol–water partition coefficient (Wildman–Crippen LogP) is 5.16. The smallest absolute Gasteiger partial charge is 0.120 e. The molecule has 1 aliphatic rings. The Balaban J connectivity index is 1.55. The third kappa shape index (κ3) is 5.05. The standard InChI is InChI=1S/C21H28O3P2/c1-26-20-12-10-19(11-13-20)23-18-8-6-17(7-9-18)21(24-22)16-4-2-15(14-25)3-5-16/h2-5,10-13,17-18,21-22,26H,6-9,14,25H2,1H3. The molecule has 2 aromatic rings. The highest BCUT2D eigenvalue weighted by Gasteiger charge is 2.30. The second kappa shape index (κ2) is 9.81. The summed E-state index contributed by atoms with van der Waals surface area (Å²) in [6.07, 6.45) is 4.91. The lowest BCUT2D eigenvalue weighted by Crippen LogP contribution is -2.28. The lowest BCUT2D eigenvalue weighted by atomic mass is 9.81. The van der Waals surface area contributed by atoms with Gasteiger partial charge < -0.3 is 4.74 Å². The molecule has 0 bridgehead atoms. The molecule has 0 radical (unpaired) electrons. The first-order valence-corrected chi connectivity index (χ1v) is 11.6. The van der Waals surface area contributed by atoms with Crippen molar-refractivity contribution in [3.8, 4) is 5.75 Å². The van der Waals surface area contributed by atoms with E-state index >= 15 is 0 Å². The van der Waals surface area contributed by atoms with E-state index in [1.807, 2.05) is 0 Å². The molecule has 5 heteroatoms. The Morgan fingerprint density at radius 1 is 1.04 bits per heavy atom. The van der Waals surface area contributed by atoms with Crippen LogP contribution in [0.2, 0.25) is 0 Å².